The minimum absolute atomic E-state index is 0.100. The summed E-state index contributed by atoms with van der Waals surface area (Å²) in [6.07, 6.45) is 17.5. The van der Waals surface area contributed by atoms with E-state index in [1.165, 1.54) is 11.8 Å². The SMILES string of the molecule is CCCCn1c(-c2ccccc2)nc(Cl)c1CN(C(CC)CCc1cc(O)no1)C(C1=CC=CCC1)C1=COC=CO1. The van der Waals surface area contributed by atoms with E-state index < -0.39 is 0 Å². The molecule has 0 radical (unpaired) electrons. The predicted octanol–water partition coefficient (Wildman–Crippen LogP) is 7.92. The lowest BCUT2D eigenvalue weighted by molar-refractivity contribution is 0.101. The molecular weight excluding hydrogens is 552 g/mol. The van der Waals surface area contributed by atoms with E-state index in [0.29, 0.717) is 23.9 Å². The Hall–Kier alpha value is -3.75. The van der Waals surface area contributed by atoms with E-state index in [1.54, 1.807) is 18.6 Å². The molecule has 1 aliphatic heterocycles. The summed E-state index contributed by atoms with van der Waals surface area (Å²) in [5.74, 6) is 2.16. The van der Waals surface area contributed by atoms with Crippen LogP contribution in [-0.4, -0.2) is 36.8 Å². The lowest BCUT2D eigenvalue weighted by Gasteiger charge is -2.40. The fourth-order valence-electron chi connectivity index (χ4n) is 5.72. The Labute approximate surface area is 252 Å². The second kappa shape index (κ2) is 14.4. The summed E-state index contributed by atoms with van der Waals surface area (Å²) in [6, 6.07) is 11.7. The molecule has 3 aromatic rings. The van der Waals surface area contributed by atoms with Gasteiger partial charge in [-0.25, -0.2) is 4.98 Å². The van der Waals surface area contributed by atoms with Gasteiger partial charge in [-0.3, -0.25) is 4.90 Å². The number of benzene rings is 1. The van der Waals surface area contributed by atoms with Crippen LogP contribution in [0.15, 0.2) is 89.3 Å². The summed E-state index contributed by atoms with van der Waals surface area (Å²) in [7, 11) is 0. The number of allylic oxidation sites excluding steroid dienone is 3. The minimum Gasteiger partial charge on any atom is -0.491 e. The normalized spacial score (nSPS) is 16.1. The van der Waals surface area contributed by atoms with Crippen molar-refractivity contribution in [2.45, 2.75) is 84.0 Å². The molecule has 8 nitrogen and oxygen atoms in total. The fraction of sp³-hybridized carbons (Fsp3) is 0.394. The molecule has 2 aliphatic rings. The second-order valence-electron chi connectivity index (χ2n) is 10.6. The van der Waals surface area contributed by atoms with Gasteiger partial charge in [-0.2, -0.15) is 0 Å². The first-order valence-corrected chi connectivity index (χ1v) is 15.2. The van der Waals surface area contributed by atoms with E-state index >= 15 is 0 Å². The van der Waals surface area contributed by atoms with Gasteiger partial charge in [-0.05, 0) is 42.8 Å². The van der Waals surface area contributed by atoms with Gasteiger partial charge in [0.25, 0.3) is 5.88 Å². The first-order valence-electron chi connectivity index (χ1n) is 14.8. The van der Waals surface area contributed by atoms with Crippen LogP contribution in [-0.2, 0) is 29.0 Å². The number of aromatic nitrogens is 3. The average Bonchev–Trinajstić information content (AvgIpc) is 3.59. The minimum atomic E-state index is -0.182. The first-order chi connectivity index (χ1) is 20.6. The van der Waals surface area contributed by atoms with Crippen molar-refractivity contribution in [1.82, 2.24) is 19.6 Å². The lowest BCUT2D eigenvalue weighted by atomic mass is 9.92. The molecule has 2 atom stereocenters. The molecule has 5 rings (SSSR count). The number of aryl methyl sites for hydroxylation is 1. The number of nitrogens with zero attached hydrogens (tertiary/aromatic N) is 4. The van der Waals surface area contributed by atoms with Crippen LogP contribution >= 0.6 is 11.6 Å². The largest absolute Gasteiger partial charge is 0.491 e. The Morgan fingerprint density at radius 3 is 2.69 bits per heavy atom. The molecule has 0 bridgehead atoms. The van der Waals surface area contributed by atoms with Crippen LogP contribution < -0.4 is 0 Å². The third-order valence-electron chi connectivity index (χ3n) is 7.85. The van der Waals surface area contributed by atoms with Crippen LogP contribution in [0.3, 0.4) is 0 Å². The molecule has 1 aromatic carbocycles. The highest BCUT2D eigenvalue weighted by molar-refractivity contribution is 6.30. The zero-order valence-corrected chi connectivity index (χ0v) is 25.0. The Kier molecular flexibility index (Phi) is 10.2. The van der Waals surface area contributed by atoms with Crippen LogP contribution in [0, 0.1) is 0 Å². The maximum absolute atomic E-state index is 9.74. The highest BCUT2D eigenvalue weighted by Gasteiger charge is 2.35. The van der Waals surface area contributed by atoms with Crippen molar-refractivity contribution in [3.8, 4) is 17.3 Å². The van der Waals surface area contributed by atoms with Gasteiger partial charge < -0.3 is 23.7 Å². The van der Waals surface area contributed by atoms with Crippen molar-refractivity contribution in [3.05, 3.63) is 101 Å². The molecule has 1 N–H and O–H groups in total. The van der Waals surface area contributed by atoms with Crippen LogP contribution in [0.2, 0.25) is 5.15 Å². The zero-order valence-electron chi connectivity index (χ0n) is 24.3. The molecule has 9 heteroatoms. The number of unbranched alkanes of at least 4 members (excludes halogenated alkanes) is 1. The summed E-state index contributed by atoms with van der Waals surface area (Å²) in [5.41, 5.74) is 3.26. The van der Waals surface area contributed by atoms with Crippen LogP contribution in [0.5, 0.6) is 5.88 Å². The molecule has 0 fully saturated rings. The molecule has 222 valence electrons. The van der Waals surface area contributed by atoms with Crippen molar-refractivity contribution < 1.29 is 19.1 Å². The topological polar surface area (TPSA) is 85.8 Å². The first kappa shape index (κ1) is 29.7. The number of hydrogen-bond donors (Lipinski definition) is 1. The van der Waals surface area contributed by atoms with Crippen LogP contribution in [0.1, 0.15) is 63.8 Å². The number of rotatable bonds is 14. The van der Waals surface area contributed by atoms with Gasteiger partial charge in [0, 0.05) is 37.2 Å². The maximum atomic E-state index is 9.74. The number of hydrogen-bond acceptors (Lipinski definition) is 7. The Morgan fingerprint density at radius 2 is 2.02 bits per heavy atom. The summed E-state index contributed by atoms with van der Waals surface area (Å²) in [5, 5.41) is 13.9. The fourth-order valence-corrected chi connectivity index (χ4v) is 5.96. The molecule has 2 unspecified atom stereocenters. The third-order valence-corrected chi connectivity index (χ3v) is 8.16. The van der Waals surface area contributed by atoms with Gasteiger partial charge in [0.05, 0.1) is 11.7 Å². The van der Waals surface area contributed by atoms with Gasteiger partial charge in [0.2, 0.25) is 0 Å². The summed E-state index contributed by atoms with van der Waals surface area (Å²) in [4.78, 5) is 7.36. The van der Waals surface area contributed by atoms with E-state index in [-0.39, 0.29) is 18.0 Å². The summed E-state index contributed by atoms with van der Waals surface area (Å²) >= 11 is 7.01. The quantitative estimate of drug-likeness (QED) is 0.204. The van der Waals surface area contributed by atoms with Gasteiger partial charge >= 0.3 is 0 Å². The van der Waals surface area contributed by atoms with Crippen molar-refractivity contribution in [2.24, 2.45) is 0 Å². The molecule has 1 aliphatic carbocycles. The Morgan fingerprint density at radius 1 is 1.17 bits per heavy atom. The van der Waals surface area contributed by atoms with Gasteiger partial charge in [-0.15, -0.1) is 0 Å². The number of ether oxygens (including phenoxy) is 2. The van der Waals surface area contributed by atoms with Crippen molar-refractivity contribution >= 4 is 11.6 Å². The number of imidazole rings is 1. The van der Waals surface area contributed by atoms with E-state index in [2.05, 4.69) is 58.8 Å². The molecule has 0 spiro atoms. The molecule has 2 aromatic heterocycles. The van der Waals surface area contributed by atoms with E-state index in [0.717, 1.165) is 67.9 Å². The molecule has 42 heavy (non-hydrogen) atoms. The van der Waals surface area contributed by atoms with Gasteiger partial charge in [0.15, 0.2) is 10.9 Å². The molecule has 0 saturated heterocycles. The van der Waals surface area contributed by atoms with Gasteiger partial charge in [0.1, 0.15) is 30.4 Å². The lowest BCUT2D eigenvalue weighted by Crippen LogP contribution is -2.46. The highest BCUT2D eigenvalue weighted by atomic mass is 35.5. The number of aromatic hydroxyl groups is 1. The number of halogens is 1. The maximum Gasteiger partial charge on any atom is 0.251 e. The van der Waals surface area contributed by atoms with Crippen molar-refractivity contribution in [3.63, 3.8) is 0 Å². The zero-order chi connectivity index (χ0) is 29.3. The van der Waals surface area contributed by atoms with E-state index in [4.69, 9.17) is 30.6 Å². The molecule has 3 heterocycles. The van der Waals surface area contributed by atoms with E-state index in [1.807, 2.05) is 18.2 Å². The van der Waals surface area contributed by atoms with Crippen molar-refractivity contribution in [1.29, 1.82) is 0 Å². The van der Waals surface area contributed by atoms with Crippen molar-refractivity contribution in [2.75, 3.05) is 0 Å². The highest BCUT2D eigenvalue weighted by Crippen LogP contribution is 2.35. The van der Waals surface area contributed by atoms with Crippen LogP contribution in [0.25, 0.3) is 11.4 Å². The third kappa shape index (κ3) is 6.99. The van der Waals surface area contributed by atoms with Crippen LogP contribution in [0.4, 0.5) is 0 Å². The Bertz CT molecular complexity index is 1440. The second-order valence-corrected chi connectivity index (χ2v) is 11.0. The summed E-state index contributed by atoms with van der Waals surface area (Å²) < 4.78 is 19.4. The molecule has 0 amide bonds. The summed E-state index contributed by atoms with van der Waals surface area (Å²) in [6.45, 7) is 5.76. The monoisotopic (exact) mass is 590 g/mol. The molecular formula is C33H39ClN4O4. The average molecular weight is 591 g/mol. The smallest absolute Gasteiger partial charge is 0.251 e. The van der Waals surface area contributed by atoms with E-state index in [9.17, 15) is 5.11 Å². The standard InChI is InChI=1S/C33H39ClN4O4/c1-3-5-18-37-28(32(34)35-33(37)25-14-10-7-11-15-25)22-38(26(4-2)16-17-27-21-30(39)36-42-27)31(24-12-8-6-9-13-24)29-23-40-19-20-41-29/h6-8,10-12,14-15,19-21,23,26,31H,3-5,9,13,16-18,22H2,1-2H3,(H,36,39). The predicted molar refractivity (Wildman–Crippen MR) is 163 cm³/mol. The van der Waals surface area contributed by atoms with Gasteiger partial charge in [-0.1, -0.05) is 80.4 Å². The molecule has 0 saturated carbocycles. The Balaban J connectivity index is 1.58.